The van der Waals surface area contributed by atoms with Crippen LogP contribution in [0.5, 0.6) is 0 Å². The molecule has 2 heteroatoms. The first-order valence-electron chi connectivity index (χ1n) is 7.73. The zero-order valence-corrected chi connectivity index (χ0v) is 11.7. The second-order valence-corrected chi connectivity index (χ2v) is 5.93. The summed E-state index contributed by atoms with van der Waals surface area (Å²) in [5, 5.41) is 3.76. The number of aromatic nitrogens is 1. The van der Waals surface area contributed by atoms with Gasteiger partial charge in [-0.25, -0.2) is 0 Å². The molecular weight excluding hydrogens is 244 g/mol. The number of hydrogen-bond acceptors (Lipinski definition) is 2. The Kier molecular flexibility index (Phi) is 2.95. The average Bonchev–Trinajstić information content (AvgIpc) is 2.91. The maximum absolute atomic E-state index is 4.59. The third-order valence-corrected chi connectivity index (χ3v) is 4.68. The quantitative estimate of drug-likeness (QED) is 0.884. The molecule has 1 N–H and O–H groups in total. The van der Waals surface area contributed by atoms with Crippen LogP contribution in [-0.4, -0.2) is 4.98 Å². The number of hydrogen-bond donors (Lipinski definition) is 1. The van der Waals surface area contributed by atoms with Crippen LogP contribution < -0.4 is 5.32 Å². The number of fused-ring (bicyclic) bond motifs is 2. The highest BCUT2D eigenvalue weighted by Crippen LogP contribution is 2.35. The van der Waals surface area contributed by atoms with E-state index in [1.165, 1.54) is 42.6 Å². The van der Waals surface area contributed by atoms with Gasteiger partial charge >= 0.3 is 0 Å². The van der Waals surface area contributed by atoms with E-state index in [9.17, 15) is 0 Å². The van der Waals surface area contributed by atoms with E-state index in [2.05, 4.69) is 34.6 Å². The van der Waals surface area contributed by atoms with Gasteiger partial charge in [0.25, 0.3) is 0 Å². The monoisotopic (exact) mass is 264 g/mol. The summed E-state index contributed by atoms with van der Waals surface area (Å²) in [5.41, 5.74) is 7.09. The SMILES string of the molecule is c1cnc2c(c1)CCC2Nc1cccc2c1CCCC2. The van der Waals surface area contributed by atoms with E-state index in [1.54, 1.807) is 11.1 Å². The van der Waals surface area contributed by atoms with Gasteiger partial charge in [-0.05, 0) is 67.3 Å². The van der Waals surface area contributed by atoms with Crippen LogP contribution >= 0.6 is 0 Å². The fourth-order valence-electron chi connectivity index (χ4n) is 3.66. The molecule has 0 amide bonds. The van der Waals surface area contributed by atoms with Gasteiger partial charge in [-0.1, -0.05) is 18.2 Å². The molecule has 2 aliphatic rings. The molecule has 2 nitrogen and oxygen atoms in total. The Morgan fingerprint density at radius 2 is 1.85 bits per heavy atom. The smallest absolute Gasteiger partial charge is 0.0691 e. The van der Waals surface area contributed by atoms with Crippen LogP contribution in [0.15, 0.2) is 36.5 Å². The molecule has 20 heavy (non-hydrogen) atoms. The van der Waals surface area contributed by atoms with Gasteiger partial charge in [0.1, 0.15) is 0 Å². The molecule has 0 spiro atoms. The van der Waals surface area contributed by atoms with Crippen molar-refractivity contribution in [3.8, 4) is 0 Å². The second-order valence-electron chi connectivity index (χ2n) is 5.93. The van der Waals surface area contributed by atoms with Crippen molar-refractivity contribution < 1.29 is 0 Å². The van der Waals surface area contributed by atoms with Crippen LogP contribution in [-0.2, 0) is 19.3 Å². The molecule has 0 aliphatic heterocycles. The molecule has 0 saturated carbocycles. The summed E-state index contributed by atoms with van der Waals surface area (Å²) in [4.78, 5) is 4.59. The van der Waals surface area contributed by atoms with Crippen LogP contribution in [0.4, 0.5) is 5.69 Å². The molecule has 102 valence electrons. The Bertz CT molecular complexity index is 633. The second kappa shape index (κ2) is 4.93. The third-order valence-electron chi connectivity index (χ3n) is 4.68. The third kappa shape index (κ3) is 2.00. The van der Waals surface area contributed by atoms with E-state index in [0.29, 0.717) is 6.04 Å². The van der Waals surface area contributed by atoms with Crippen molar-refractivity contribution in [1.29, 1.82) is 0 Å². The van der Waals surface area contributed by atoms with Crippen molar-refractivity contribution in [2.45, 2.75) is 44.6 Å². The molecule has 1 aromatic heterocycles. The summed E-state index contributed by atoms with van der Waals surface area (Å²) in [6.07, 6.45) is 9.35. The minimum Gasteiger partial charge on any atom is -0.376 e. The number of pyridine rings is 1. The van der Waals surface area contributed by atoms with E-state index < -0.39 is 0 Å². The van der Waals surface area contributed by atoms with Gasteiger partial charge in [-0.2, -0.15) is 0 Å². The summed E-state index contributed by atoms with van der Waals surface area (Å²) in [5.74, 6) is 0. The maximum atomic E-state index is 4.59. The molecule has 1 atom stereocenters. The molecule has 0 radical (unpaired) electrons. The first kappa shape index (κ1) is 12.0. The standard InChI is InChI=1S/C18H20N2/c1-2-8-15-13(5-1)6-3-9-16(15)20-17-11-10-14-7-4-12-19-18(14)17/h3-4,6-7,9,12,17,20H,1-2,5,8,10-11H2. The highest BCUT2D eigenvalue weighted by molar-refractivity contribution is 5.57. The lowest BCUT2D eigenvalue weighted by molar-refractivity contribution is 0.681. The zero-order chi connectivity index (χ0) is 13.4. The first-order valence-corrected chi connectivity index (χ1v) is 7.73. The normalized spacial score (nSPS) is 20.3. The summed E-state index contributed by atoms with van der Waals surface area (Å²) in [6, 6.07) is 11.4. The fourth-order valence-corrected chi connectivity index (χ4v) is 3.66. The zero-order valence-electron chi connectivity index (χ0n) is 11.7. The Morgan fingerprint density at radius 3 is 2.85 bits per heavy atom. The van der Waals surface area contributed by atoms with Crippen molar-refractivity contribution in [3.63, 3.8) is 0 Å². The molecule has 1 aromatic carbocycles. The first-order chi connectivity index (χ1) is 9.92. The predicted octanol–water partition coefficient (Wildman–Crippen LogP) is 4.06. The minimum atomic E-state index is 0.389. The van der Waals surface area contributed by atoms with Gasteiger partial charge in [-0.3, -0.25) is 4.98 Å². The van der Waals surface area contributed by atoms with Crippen LogP contribution in [0, 0.1) is 0 Å². The summed E-state index contributed by atoms with van der Waals surface area (Å²) < 4.78 is 0. The minimum absolute atomic E-state index is 0.389. The van der Waals surface area contributed by atoms with Crippen LogP contribution in [0.1, 0.15) is 47.7 Å². The molecule has 0 fully saturated rings. The van der Waals surface area contributed by atoms with Crippen molar-refractivity contribution >= 4 is 5.69 Å². The van der Waals surface area contributed by atoms with Gasteiger partial charge < -0.3 is 5.32 Å². The molecule has 1 heterocycles. The number of aryl methyl sites for hydroxylation is 2. The topological polar surface area (TPSA) is 24.9 Å². The van der Waals surface area contributed by atoms with E-state index in [1.807, 2.05) is 12.3 Å². The van der Waals surface area contributed by atoms with E-state index in [4.69, 9.17) is 0 Å². The average molecular weight is 264 g/mol. The molecule has 0 bridgehead atoms. The van der Waals surface area contributed by atoms with Gasteiger partial charge in [0, 0.05) is 11.9 Å². The van der Waals surface area contributed by atoms with Gasteiger partial charge in [0.2, 0.25) is 0 Å². The lowest BCUT2D eigenvalue weighted by Gasteiger charge is -2.23. The van der Waals surface area contributed by atoms with Crippen LogP contribution in [0.2, 0.25) is 0 Å². The van der Waals surface area contributed by atoms with Crippen molar-refractivity contribution in [2.24, 2.45) is 0 Å². The van der Waals surface area contributed by atoms with Crippen LogP contribution in [0.3, 0.4) is 0 Å². The lowest BCUT2D eigenvalue weighted by Crippen LogP contribution is -2.13. The fraction of sp³-hybridized carbons (Fsp3) is 0.389. The lowest BCUT2D eigenvalue weighted by atomic mass is 9.90. The van der Waals surface area contributed by atoms with Crippen molar-refractivity contribution in [1.82, 2.24) is 4.98 Å². The molecular formula is C18H20N2. The highest BCUT2D eigenvalue weighted by Gasteiger charge is 2.24. The highest BCUT2D eigenvalue weighted by atomic mass is 15.0. The van der Waals surface area contributed by atoms with E-state index in [-0.39, 0.29) is 0 Å². The summed E-state index contributed by atoms with van der Waals surface area (Å²) in [7, 11) is 0. The molecule has 0 saturated heterocycles. The Morgan fingerprint density at radius 1 is 0.950 bits per heavy atom. The number of anilines is 1. The van der Waals surface area contributed by atoms with Crippen molar-refractivity contribution in [2.75, 3.05) is 5.32 Å². The molecule has 2 aliphatic carbocycles. The van der Waals surface area contributed by atoms with E-state index in [0.717, 1.165) is 12.8 Å². The van der Waals surface area contributed by atoms with Gasteiger partial charge in [0.15, 0.2) is 0 Å². The molecule has 2 aromatic rings. The van der Waals surface area contributed by atoms with Crippen molar-refractivity contribution in [3.05, 3.63) is 58.9 Å². The van der Waals surface area contributed by atoms with Gasteiger partial charge in [0.05, 0.1) is 11.7 Å². The Hall–Kier alpha value is -1.83. The summed E-state index contributed by atoms with van der Waals surface area (Å²) in [6.45, 7) is 0. The van der Waals surface area contributed by atoms with E-state index >= 15 is 0 Å². The predicted molar refractivity (Wildman–Crippen MR) is 82.0 cm³/mol. The van der Waals surface area contributed by atoms with Crippen LogP contribution in [0.25, 0.3) is 0 Å². The number of nitrogens with zero attached hydrogens (tertiary/aromatic N) is 1. The van der Waals surface area contributed by atoms with Gasteiger partial charge in [-0.15, -0.1) is 0 Å². The Balaban J connectivity index is 1.65. The summed E-state index contributed by atoms with van der Waals surface area (Å²) >= 11 is 0. The number of rotatable bonds is 2. The maximum Gasteiger partial charge on any atom is 0.0691 e. The molecule has 4 rings (SSSR count). The molecule has 1 unspecified atom stereocenters. The number of benzene rings is 1. The number of nitrogens with one attached hydrogen (secondary N) is 1. The Labute approximate surface area is 120 Å². The largest absolute Gasteiger partial charge is 0.376 e.